The van der Waals surface area contributed by atoms with Gasteiger partial charge in [-0.15, -0.1) is 0 Å². The third kappa shape index (κ3) is 4.21. The van der Waals surface area contributed by atoms with Crippen LogP contribution in [0.2, 0.25) is 0 Å². The smallest absolute Gasteiger partial charge is 0.224 e. The molecule has 0 radical (unpaired) electrons. The van der Waals surface area contributed by atoms with Gasteiger partial charge in [-0.25, -0.2) is 0 Å². The molecule has 2 amide bonds. The van der Waals surface area contributed by atoms with Crippen LogP contribution in [0.4, 0.5) is 0 Å². The second-order valence-electron chi connectivity index (χ2n) is 7.18. The standard InChI is InChI=1S/C17H30N2O2/c1-12(2)19(11-15-9-13(15)3)17(21)10-16-7-5-6-8-18(16)14(4)20/h12-13,15-16H,5-11H2,1-4H3/t13-,15+,16-/m1/s1. The van der Waals surface area contributed by atoms with Crippen LogP contribution >= 0.6 is 0 Å². The summed E-state index contributed by atoms with van der Waals surface area (Å²) < 4.78 is 0. The summed E-state index contributed by atoms with van der Waals surface area (Å²) in [5, 5.41) is 0. The molecule has 1 heterocycles. The van der Waals surface area contributed by atoms with E-state index in [1.807, 2.05) is 9.80 Å². The molecule has 1 saturated heterocycles. The lowest BCUT2D eigenvalue weighted by Crippen LogP contribution is -2.47. The molecule has 1 saturated carbocycles. The van der Waals surface area contributed by atoms with Gasteiger partial charge >= 0.3 is 0 Å². The van der Waals surface area contributed by atoms with Crippen molar-refractivity contribution in [2.45, 2.75) is 71.9 Å². The third-order valence-electron chi connectivity index (χ3n) is 5.09. The molecule has 120 valence electrons. The SMILES string of the molecule is CC(=O)N1CCCC[C@@H]1CC(=O)N(C[C@@H]1C[C@H]1C)C(C)C. The number of carbonyl (C=O) groups excluding carboxylic acids is 2. The fourth-order valence-electron chi connectivity index (χ4n) is 3.45. The minimum Gasteiger partial charge on any atom is -0.340 e. The summed E-state index contributed by atoms with van der Waals surface area (Å²) >= 11 is 0. The first kappa shape index (κ1) is 16.3. The molecular weight excluding hydrogens is 264 g/mol. The number of carbonyl (C=O) groups is 2. The summed E-state index contributed by atoms with van der Waals surface area (Å²) in [5.74, 6) is 1.79. The Bertz CT molecular complexity index is 394. The number of amides is 2. The quantitative estimate of drug-likeness (QED) is 0.782. The summed E-state index contributed by atoms with van der Waals surface area (Å²) in [7, 11) is 0. The number of hydrogen-bond donors (Lipinski definition) is 0. The highest BCUT2D eigenvalue weighted by molar-refractivity contribution is 5.79. The lowest BCUT2D eigenvalue weighted by Gasteiger charge is -2.36. The maximum atomic E-state index is 12.7. The van der Waals surface area contributed by atoms with Gasteiger partial charge in [0.2, 0.25) is 11.8 Å². The molecule has 4 nitrogen and oxygen atoms in total. The van der Waals surface area contributed by atoms with Gasteiger partial charge in [-0.2, -0.15) is 0 Å². The van der Waals surface area contributed by atoms with Crippen molar-refractivity contribution >= 4 is 11.8 Å². The minimum atomic E-state index is 0.111. The van der Waals surface area contributed by atoms with E-state index >= 15 is 0 Å². The minimum absolute atomic E-state index is 0.111. The highest BCUT2D eigenvalue weighted by Gasteiger charge is 2.36. The monoisotopic (exact) mass is 294 g/mol. The van der Waals surface area contributed by atoms with Crippen LogP contribution < -0.4 is 0 Å². The van der Waals surface area contributed by atoms with Crippen LogP contribution in [0.5, 0.6) is 0 Å². The summed E-state index contributed by atoms with van der Waals surface area (Å²) in [5.41, 5.74) is 0. The van der Waals surface area contributed by atoms with E-state index in [0.717, 1.165) is 38.3 Å². The van der Waals surface area contributed by atoms with Gasteiger partial charge in [0.15, 0.2) is 0 Å². The number of nitrogens with zero attached hydrogens (tertiary/aromatic N) is 2. The number of hydrogen-bond acceptors (Lipinski definition) is 2. The largest absolute Gasteiger partial charge is 0.340 e. The molecular formula is C17H30N2O2. The summed E-state index contributed by atoms with van der Waals surface area (Å²) in [6, 6.07) is 0.362. The topological polar surface area (TPSA) is 40.6 Å². The lowest BCUT2D eigenvalue weighted by atomic mass is 9.98. The van der Waals surface area contributed by atoms with Crippen molar-refractivity contribution in [3.05, 3.63) is 0 Å². The molecule has 2 fully saturated rings. The Balaban J connectivity index is 1.94. The molecule has 0 N–H and O–H groups in total. The van der Waals surface area contributed by atoms with Crippen molar-refractivity contribution in [3.8, 4) is 0 Å². The molecule has 2 rings (SSSR count). The van der Waals surface area contributed by atoms with Crippen LogP contribution in [0.25, 0.3) is 0 Å². The Kier molecular flexibility index (Phi) is 5.28. The first-order chi connectivity index (χ1) is 9.90. The number of piperidine rings is 1. The van der Waals surface area contributed by atoms with E-state index in [0.29, 0.717) is 12.3 Å². The maximum Gasteiger partial charge on any atom is 0.224 e. The fraction of sp³-hybridized carbons (Fsp3) is 0.882. The molecule has 0 aromatic rings. The average molecular weight is 294 g/mol. The van der Waals surface area contributed by atoms with Crippen LogP contribution in [0, 0.1) is 11.8 Å². The number of likely N-dealkylation sites (tertiary alicyclic amines) is 1. The van der Waals surface area contributed by atoms with E-state index < -0.39 is 0 Å². The van der Waals surface area contributed by atoms with Gasteiger partial charge in [-0.3, -0.25) is 9.59 Å². The van der Waals surface area contributed by atoms with E-state index in [2.05, 4.69) is 20.8 Å². The zero-order valence-corrected chi connectivity index (χ0v) is 14.0. The van der Waals surface area contributed by atoms with Gasteiger partial charge in [-0.05, 0) is 51.4 Å². The van der Waals surface area contributed by atoms with Crippen molar-refractivity contribution in [2.75, 3.05) is 13.1 Å². The Morgan fingerprint density at radius 1 is 1.29 bits per heavy atom. The molecule has 1 aliphatic carbocycles. The molecule has 0 spiro atoms. The van der Waals surface area contributed by atoms with Crippen LogP contribution in [0.3, 0.4) is 0 Å². The zero-order chi connectivity index (χ0) is 15.6. The van der Waals surface area contributed by atoms with Crippen LogP contribution in [-0.2, 0) is 9.59 Å². The van der Waals surface area contributed by atoms with E-state index in [-0.39, 0.29) is 23.9 Å². The van der Waals surface area contributed by atoms with Gasteiger partial charge in [0.05, 0.1) is 0 Å². The molecule has 4 heteroatoms. The van der Waals surface area contributed by atoms with Gasteiger partial charge in [0, 0.05) is 38.5 Å². The van der Waals surface area contributed by atoms with Crippen molar-refractivity contribution in [1.29, 1.82) is 0 Å². The molecule has 3 atom stereocenters. The summed E-state index contributed by atoms with van der Waals surface area (Å²) in [4.78, 5) is 28.3. The van der Waals surface area contributed by atoms with Gasteiger partial charge in [0.25, 0.3) is 0 Å². The van der Waals surface area contributed by atoms with Crippen molar-refractivity contribution in [2.24, 2.45) is 11.8 Å². The van der Waals surface area contributed by atoms with Crippen LogP contribution in [0.15, 0.2) is 0 Å². The highest BCUT2D eigenvalue weighted by Crippen LogP contribution is 2.38. The van der Waals surface area contributed by atoms with E-state index in [9.17, 15) is 9.59 Å². The Morgan fingerprint density at radius 3 is 2.48 bits per heavy atom. The second-order valence-corrected chi connectivity index (χ2v) is 7.18. The van der Waals surface area contributed by atoms with Gasteiger partial charge in [-0.1, -0.05) is 6.92 Å². The first-order valence-electron chi connectivity index (χ1n) is 8.46. The molecule has 1 aliphatic heterocycles. The first-order valence-corrected chi connectivity index (χ1v) is 8.46. The second kappa shape index (κ2) is 6.80. The molecule has 2 aliphatic rings. The predicted octanol–water partition coefficient (Wildman–Crippen LogP) is 2.67. The Morgan fingerprint density at radius 2 is 1.95 bits per heavy atom. The van der Waals surface area contributed by atoms with E-state index in [1.54, 1.807) is 6.92 Å². The predicted molar refractivity (Wildman–Crippen MR) is 83.8 cm³/mol. The van der Waals surface area contributed by atoms with E-state index in [4.69, 9.17) is 0 Å². The maximum absolute atomic E-state index is 12.7. The average Bonchev–Trinajstić information content (AvgIpc) is 3.11. The van der Waals surface area contributed by atoms with Crippen molar-refractivity contribution in [1.82, 2.24) is 9.80 Å². The van der Waals surface area contributed by atoms with Crippen LogP contribution in [0.1, 0.15) is 59.8 Å². The highest BCUT2D eigenvalue weighted by atomic mass is 16.2. The Labute approximate surface area is 128 Å². The van der Waals surface area contributed by atoms with E-state index in [1.165, 1.54) is 6.42 Å². The molecule has 0 unspecified atom stereocenters. The number of rotatable bonds is 5. The fourth-order valence-corrected chi connectivity index (χ4v) is 3.45. The molecule has 0 aromatic heterocycles. The molecule has 21 heavy (non-hydrogen) atoms. The van der Waals surface area contributed by atoms with Gasteiger partial charge < -0.3 is 9.80 Å². The van der Waals surface area contributed by atoms with Crippen LogP contribution in [-0.4, -0.2) is 46.8 Å². The molecule has 0 aromatic carbocycles. The normalized spacial score (nSPS) is 28.6. The van der Waals surface area contributed by atoms with Crippen molar-refractivity contribution < 1.29 is 9.59 Å². The third-order valence-corrected chi connectivity index (χ3v) is 5.09. The van der Waals surface area contributed by atoms with Gasteiger partial charge in [0.1, 0.15) is 0 Å². The van der Waals surface area contributed by atoms with Crippen molar-refractivity contribution in [3.63, 3.8) is 0 Å². The summed E-state index contributed by atoms with van der Waals surface area (Å²) in [6.45, 7) is 9.77. The zero-order valence-electron chi connectivity index (χ0n) is 14.0. The summed E-state index contributed by atoms with van der Waals surface area (Å²) in [6.07, 6.45) is 4.91. The lowest BCUT2D eigenvalue weighted by molar-refractivity contribution is -0.138. The Hall–Kier alpha value is -1.06. The molecule has 0 bridgehead atoms.